The first-order chi connectivity index (χ1) is 18.6. The molecule has 0 unspecified atom stereocenters. The van der Waals surface area contributed by atoms with Gasteiger partial charge < -0.3 is 25.8 Å². The minimum Gasteiger partial charge on any atom is -0.440 e. The molecular formula is C30H40ClN3O5. The maximum atomic E-state index is 13.3. The highest BCUT2D eigenvalue weighted by atomic mass is 35.5. The van der Waals surface area contributed by atoms with Gasteiger partial charge in [0, 0.05) is 22.9 Å². The molecule has 3 amide bonds. The average Bonchev–Trinajstić information content (AvgIpc) is 3.33. The number of ether oxygens (including phenoxy) is 1. The van der Waals surface area contributed by atoms with Crippen molar-refractivity contribution in [2.75, 3.05) is 13.2 Å². The summed E-state index contributed by atoms with van der Waals surface area (Å²) >= 11 is 6.27. The number of alkyl carbamates (subject to hydrolysis) is 1. The van der Waals surface area contributed by atoms with Crippen LogP contribution in [0.1, 0.15) is 70.1 Å². The first-order valence-corrected chi connectivity index (χ1v) is 14.0. The monoisotopic (exact) mass is 557 g/mol. The highest BCUT2D eigenvalue weighted by Crippen LogP contribution is 2.40. The van der Waals surface area contributed by atoms with Gasteiger partial charge in [-0.3, -0.25) is 9.59 Å². The van der Waals surface area contributed by atoms with Gasteiger partial charge in [-0.15, -0.1) is 0 Å². The number of carbonyl (C=O) groups excluding carboxylic acids is 3. The molecule has 3 rings (SSSR count). The standard InChI is InChI=1S/C30H40ClN3O5/c1-4-5-14-25(28(37)33-24(19-35)17-21-15-16-32-27(21)36)34-29(38)39-26(20-10-7-6-8-11-20)30(2,3)22-12-9-13-23(31)18-22/h6-13,18,21,24-26,35H,4-5,14-17,19H2,1-3H3,(H,32,36)(H,33,37)(H,34,38)/t21-,24+,25+,26-/m1/s1. The molecule has 1 fully saturated rings. The van der Waals surface area contributed by atoms with Gasteiger partial charge in [-0.25, -0.2) is 4.79 Å². The van der Waals surface area contributed by atoms with E-state index in [2.05, 4.69) is 16.0 Å². The number of benzene rings is 2. The fourth-order valence-corrected chi connectivity index (χ4v) is 5.15. The minimum absolute atomic E-state index is 0.0683. The van der Waals surface area contributed by atoms with Gasteiger partial charge in [0.1, 0.15) is 12.1 Å². The van der Waals surface area contributed by atoms with Crippen molar-refractivity contribution in [3.63, 3.8) is 0 Å². The summed E-state index contributed by atoms with van der Waals surface area (Å²) in [6.45, 7) is 6.26. The maximum absolute atomic E-state index is 13.3. The summed E-state index contributed by atoms with van der Waals surface area (Å²) in [5.74, 6) is -0.737. The molecule has 4 atom stereocenters. The normalized spacial score (nSPS) is 17.6. The van der Waals surface area contributed by atoms with E-state index in [4.69, 9.17) is 16.3 Å². The second kappa shape index (κ2) is 14.3. The second-order valence-electron chi connectivity index (χ2n) is 10.7. The number of aliphatic hydroxyl groups excluding tert-OH is 1. The van der Waals surface area contributed by atoms with Crippen LogP contribution in [0.25, 0.3) is 0 Å². The molecule has 39 heavy (non-hydrogen) atoms. The van der Waals surface area contributed by atoms with E-state index in [0.29, 0.717) is 37.3 Å². The Kier molecular flexibility index (Phi) is 11.2. The van der Waals surface area contributed by atoms with Crippen molar-refractivity contribution in [2.24, 2.45) is 5.92 Å². The zero-order valence-electron chi connectivity index (χ0n) is 22.9. The Morgan fingerprint density at radius 1 is 1.15 bits per heavy atom. The van der Waals surface area contributed by atoms with Gasteiger partial charge in [0.2, 0.25) is 11.8 Å². The number of hydrogen-bond donors (Lipinski definition) is 4. The van der Waals surface area contributed by atoms with Crippen LogP contribution < -0.4 is 16.0 Å². The van der Waals surface area contributed by atoms with Crippen molar-refractivity contribution in [3.05, 3.63) is 70.7 Å². The molecular weight excluding hydrogens is 518 g/mol. The van der Waals surface area contributed by atoms with Crippen molar-refractivity contribution in [3.8, 4) is 0 Å². The van der Waals surface area contributed by atoms with Crippen LogP contribution in [0.5, 0.6) is 0 Å². The zero-order valence-corrected chi connectivity index (χ0v) is 23.7. The van der Waals surface area contributed by atoms with Gasteiger partial charge in [-0.1, -0.05) is 87.7 Å². The van der Waals surface area contributed by atoms with Crippen LogP contribution >= 0.6 is 11.6 Å². The molecule has 2 aromatic rings. The van der Waals surface area contributed by atoms with Gasteiger partial charge in [-0.05, 0) is 42.5 Å². The SMILES string of the molecule is CCCC[C@H](NC(=O)O[C@H](c1ccccc1)C(C)(C)c1cccc(Cl)c1)C(=O)N[C@H](CO)C[C@H]1CCNC1=O. The molecule has 0 radical (unpaired) electrons. The van der Waals surface area contributed by atoms with E-state index in [1.54, 1.807) is 6.07 Å². The van der Waals surface area contributed by atoms with E-state index >= 15 is 0 Å². The molecule has 0 aromatic heterocycles. The van der Waals surface area contributed by atoms with Crippen LogP contribution in [0.2, 0.25) is 5.02 Å². The Balaban J connectivity index is 1.75. The minimum atomic E-state index is -0.852. The summed E-state index contributed by atoms with van der Waals surface area (Å²) in [4.78, 5) is 38.5. The molecule has 1 heterocycles. The highest BCUT2D eigenvalue weighted by molar-refractivity contribution is 6.30. The van der Waals surface area contributed by atoms with E-state index in [-0.39, 0.29) is 18.4 Å². The third kappa shape index (κ3) is 8.44. The molecule has 1 saturated heterocycles. The first-order valence-electron chi connectivity index (χ1n) is 13.6. The molecule has 4 N–H and O–H groups in total. The molecule has 2 aromatic carbocycles. The van der Waals surface area contributed by atoms with E-state index < -0.39 is 35.6 Å². The number of halogens is 1. The molecule has 8 nitrogen and oxygen atoms in total. The lowest BCUT2D eigenvalue weighted by molar-refractivity contribution is -0.126. The van der Waals surface area contributed by atoms with Crippen LogP contribution in [0.4, 0.5) is 4.79 Å². The van der Waals surface area contributed by atoms with Crippen LogP contribution in [-0.2, 0) is 19.7 Å². The van der Waals surface area contributed by atoms with Gasteiger partial charge in [0.15, 0.2) is 0 Å². The van der Waals surface area contributed by atoms with Crippen LogP contribution in [-0.4, -0.2) is 48.2 Å². The summed E-state index contributed by atoms with van der Waals surface area (Å²) in [5.41, 5.74) is 1.07. The Morgan fingerprint density at radius 2 is 1.90 bits per heavy atom. The summed E-state index contributed by atoms with van der Waals surface area (Å²) in [6.07, 6.45) is 1.57. The Morgan fingerprint density at radius 3 is 2.51 bits per heavy atom. The number of aliphatic hydroxyl groups is 1. The Labute approximate surface area is 235 Å². The van der Waals surface area contributed by atoms with Crippen molar-refractivity contribution in [1.82, 2.24) is 16.0 Å². The van der Waals surface area contributed by atoms with E-state index in [1.165, 1.54) is 0 Å². The third-order valence-corrected chi connectivity index (χ3v) is 7.54. The van der Waals surface area contributed by atoms with E-state index in [9.17, 15) is 19.5 Å². The summed E-state index contributed by atoms with van der Waals surface area (Å²) < 4.78 is 6.03. The molecule has 0 aliphatic carbocycles. The largest absolute Gasteiger partial charge is 0.440 e. The van der Waals surface area contributed by atoms with Gasteiger partial charge in [0.05, 0.1) is 12.6 Å². The predicted octanol–water partition coefficient (Wildman–Crippen LogP) is 4.65. The summed E-state index contributed by atoms with van der Waals surface area (Å²) in [5, 5.41) is 18.8. The van der Waals surface area contributed by atoms with Gasteiger partial charge in [0.25, 0.3) is 0 Å². The fourth-order valence-electron chi connectivity index (χ4n) is 4.96. The van der Waals surface area contributed by atoms with Crippen LogP contribution in [0.15, 0.2) is 54.6 Å². The van der Waals surface area contributed by atoms with Gasteiger partial charge in [-0.2, -0.15) is 0 Å². The first kappa shape index (κ1) is 30.4. The number of amides is 3. The second-order valence-corrected chi connectivity index (χ2v) is 11.1. The third-order valence-electron chi connectivity index (χ3n) is 7.30. The Hall–Kier alpha value is -3.10. The molecule has 0 saturated carbocycles. The molecule has 212 valence electrons. The summed E-state index contributed by atoms with van der Waals surface area (Å²) in [6, 6.07) is 15.5. The molecule has 9 heteroatoms. The fraction of sp³-hybridized carbons (Fsp3) is 0.500. The predicted molar refractivity (Wildman–Crippen MR) is 151 cm³/mol. The lowest BCUT2D eigenvalue weighted by atomic mass is 9.76. The van der Waals surface area contributed by atoms with Crippen LogP contribution in [0.3, 0.4) is 0 Å². The highest BCUT2D eigenvalue weighted by Gasteiger charge is 2.37. The number of nitrogens with one attached hydrogen (secondary N) is 3. The average molecular weight is 558 g/mol. The smallest absolute Gasteiger partial charge is 0.408 e. The number of hydrogen-bond acceptors (Lipinski definition) is 5. The molecule has 1 aliphatic rings. The quantitative estimate of drug-likeness (QED) is 0.286. The Bertz CT molecular complexity index is 1110. The number of carbonyl (C=O) groups is 3. The number of unbranched alkanes of at least 4 members (excludes halogenated alkanes) is 1. The summed E-state index contributed by atoms with van der Waals surface area (Å²) in [7, 11) is 0. The maximum Gasteiger partial charge on any atom is 0.408 e. The molecule has 0 spiro atoms. The van der Waals surface area contributed by atoms with E-state index in [0.717, 1.165) is 17.5 Å². The zero-order chi connectivity index (χ0) is 28.4. The lowest BCUT2D eigenvalue weighted by Gasteiger charge is -2.35. The van der Waals surface area contributed by atoms with Crippen molar-refractivity contribution in [2.45, 2.75) is 76.5 Å². The topological polar surface area (TPSA) is 117 Å². The van der Waals surface area contributed by atoms with Crippen molar-refractivity contribution < 1.29 is 24.2 Å². The molecule has 1 aliphatic heterocycles. The number of rotatable bonds is 13. The van der Waals surface area contributed by atoms with E-state index in [1.807, 2.05) is 69.3 Å². The lowest BCUT2D eigenvalue weighted by Crippen LogP contribution is -2.51. The van der Waals surface area contributed by atoms with Crippen LogP contribution in [0, 0.1) is 5.92 Å². The molecule has 0 bridgehead atoms. The van der Waals surface area contributed by atoms with Gasteiger partial charge >= 0.3 is 6.09 Å². The van der Waals surface area contributed by atoms with Crippen molar-refractivity contribution >= 4 is 29.5 Å². The van der Waals surface area contributed by atoms with Crippen molar-refractivity contribution in [1.29, 1.82) is 0 Å².